The van der Waals surface area contributed by atoms with E-state index in [1.54, 1.807) is 0 Å². The highest BCUT2D eigenvalue weighted by molar-refractivity contribution is 5.71. The van der Waals surface area contributed by atoms with E-state index in [4.69, 9.17) is 14.2 Å². The molecule has 0 saturated heterocycles. The second kappa shape index (κ2) is 54.1. The van der Waals surface area contributed by atoms with E-state index in [0.717, 1.165) is 116 Å². The monoisotopic (exact) mass is 931 g/mol. The molecular formula is C62H90O6. The van der Waals surface area contributed by atoms with Gasteiger partial charge < -0.3 is 14.2 Å². The SMILES string of the molecule is CC\C=C/C=C\C=C/C=C\C=C\C=C/C=C\CCCCCC(=O)OCC(COC(=O)CCCCCC/C=C\C/C=C\C/C=C\CC)OC(=O)CCC/C=C\C/C=C\C/C=C\C/C=C\C/C=C\CC. The average Bonchev–Trinajstić information content (AvgIpc) is 3.34. The lowest BCUT2D eigenvalue weighted by Crippen LogP contribution is -2.30. The summed E-state index contributed by atoms with van der Waals surface area (Å²) in [4.78, 5) is 38.0. The Morgan fingerprint density at radius 2 is 0.618 bits per heavy atom. The third-order valence-electron chi connectivity index (χ3n) is 9.83. The maximum Gasteiger partial charge on any atom is 0.306 e. The highest BCUT2D eigenvalue weighted by atomic mass is 16.6. The number of hydrogen-bond acceptors (Lipinski definition) is 6. The zero-order valence-electron chi connectivity index (χ0n) is 42.5. The highest BCUT2D eigenvalue weighted by Crippen LogP contribution is 2.11. The van der Waals surface area contributed by atoms with Gasteiger partial charge in [0.25, 0.3) is 0 Å². The van der Waals surface area contributed by atoms with Gasteiger partial charge in [0.1, 0.15) is 13.2 Å². The van der Waals surface area contributed by atoms with Crippen molar-refractivity contribution < 1.29 is 28.6 Å². The van der Waals surface area contributed by atoms with Crippen molar-refractivity contribution in [3.8, 4) is 0 Å². The van der Waals surface area contributed by atoms with E-state index >= 15 is 0 Å². The molecule has 0 heterocycles. The zero-order chi connectivity index (χ0) is 49.3. The van der Waals surface area contributed by atoms with Crippen molar-refractivity contribution in [2.24, 2.45) is 0 Å². The van der Waals surface area contributed by atoms with Crippen LogP contribution in [-0.4, -0.2) is 37.2 Å². The maximum absolute atomic E-state index is 12.8. The van der Waals surface area contributed by atoms with Crippen LogP contribution < -0.4 is 0 Å². The molecular weight excluding hydrogens is 841 g/mol. The summed E-state index contributed by atoms with van der Waals surface area (Å²) in [7, 11) is 0. The number of unbranched alkanes of at least 4 members (excludes halogenated alkanes) is 8. The van der Waals surface area contributed by atoms with E-state index in [-0.39, 0.29) is 38.0 Å². The summed E-state index contributed by atoms with van der Waals surface area (Å²) in [5.74, 6) is -1.08. The number of allylic oxidation sites excluding steroid dienone is 30. The van der Waals surface area contributed by atoms with Gasteiger partial charge in [-0.1, -0.05) is 222 Å². The molecule has 0 N–H and O–H groups in total. The van der Waals surface area contributed by atoms with Gasteiger partial charge in [-0.2, -0.15) is 0 Å². The summed E-state index contributed by atoms with van der Waals surface area (Å²) >= 11 is 0. The van der Waals surface area contributed by atoms with Crippen LogP contribution >= 0.6 is 0 Å². The van der Waals surface area contributed by atoms with Crippen molar-refractivity contribution in [2.45, 2.75) is 175 Å². The molecule has 68 heavy (non-hydrogen) atoms. The van der Waals surface area contributed by atoms with Crippen LogP contribution in [0.2, 0.25) is 0 Å². The van der Waals surface area contributed by atoms with Crippen LogP contribution in [0.4, 0.5) is 0 Å². The molecule has 0 aromatic carbocycles. The molecule has 1 atom stereocenters. The van der Waals surface area contributed by atoms with E-state index in [9.17, 15) is 14.4 Å². The number of rotatable bonds is 43. The minimum absolute atomic E-state index is 0.138. The van der Waals surface area contributed by atoms with Gasteiger partial charge in [-0.05, 0) is 109 Å². The summed E-state index contributed by atoms with van der Waals surface area (Å²) in [5, 5.41) is 0. The van der Waals surface area contributed by atoms with Crippen molar-refractivity contribution in [3.63, 3.8) is 0 Å². The van der Waals surface area contributed by atoms with Gasteiger partial charge in [-0.15, -0.1) is 0 Å². The molecule has 1 unspecified atom stereocenters. The smallest absolute Gasteiger partial charge is 0.306 e. The Bertz CT molecular complexity index is 1680. The molecule has 0 radical (unpaired) electrons. The summed E-state index contributed by atoms with van der Waals surface area (Å²) in [6.45, 7) is 6.12. The Hall–Kier alpha value is -5.49. The van der Waals surface area contributed by atoms with Crippen LogP contribution in [-0.2, 0) is 28.6 Å². The van der Waals surface area contributed by atoms with E-state index in [1.165, 1.54) is 0 Å². The van der Waals surface area contributed by atoms with Crippen LogP contribution in [0.15, 0.2) is 182 Å². The van der Waals surface area contributed by atoms with E-state index < -0.39 is 12.1 Å². The fourth-order valence-corrected chi connectivity index (χ4v) is 6.06. The molecule has 0 amide bonds. The maximum atomic E-state index is 12.8. The lowest BCUT2D eigenvalue weighted by atomic mass is 10.1. The van der Waals surface area contributed by atoms with Crippen molar-refractivity contribution in [3.05, 3.63) is 182 Å². The molecule has 0 spiro atoms. The summed E-state index contributed by atoms with van der Waals surface area (Å²) in [6, 6.07) is 0. The summed E-state index contributed by atoms with van der Waals surface area (Å²) in [6.07, 6.45) is 81.6. The van der Waals surface area contributed by atoms with Crippen LogP contribution in [0.3, 0.4) is 0 Å². The largest absolute Gasteiger partial charge is 0.462 e. The molecule has 0 aromatic rings. The van der Waals surface area contributed by atoms with Crippen LogP contribution in [0.5, 0.6) is 0 Å². The Morgan fingerprint density at radius 3 is 1.04 bits per heavy atom. The van der Waals surface area contributed by atoms with Gasteiger partial charge in [0, 0.05) is 19.3 Å². The first-order valence-electron chi connectivity index (χ1n) is 25.9. The van der Waals surface area contributed by atoms with Gasteiger partial charge in [0.2, 0.25) is 0 Å². The number of ether oxygens (including phenoxy) is 3. The number of hydrogen-bond donors (Lipinski definition) is 0. The van der Waals surface area contributed by atoms with Gasteiger partial charge in [0.15, 0.2) is 6.10 Å². The molecule has 0 aromatic heterocycles. The first-order chi connectivity index (χ1) is 33.5. The molecule has 0 bridgehead atoms. The van der Waals surface area contributed by atoms with E-state index in [1.807, 2.05) is 72.9 Å². The summed E-state index contributed by atoms with van der Waals surface area (Å²) in [5.41, 5.74) is 0. The second-order valence-corrected chi connectivity index (χ2v) is 16.1. The lowest BCUT2D eigenvalue weighted by molar-refractivity contribution is -0.167. The van der Waals surface area contributed by atoms with Gasteiger partial charge >= 0.3 is 17.9 Å². The van der Waals surface area contributed by atoms with Crippen LogP contribution in [0, 0.1) is 0 Å². The topological polar surface area (TPSA) is 78.9 Å². The fourth-order valence-electron chi connectivity index (χ4n) is 6.06. The molecule has 0 rings (SSSR count). The predicted octanol–water partition coefficient (Wildman–Crippen LogP) is 17.4. The van der Waals surface area contributed by atoms with Crippen molar-refractivity contribution >= 4 is 17.9 Å². The average molecular weight is 931 g/mol. The Kier molecular flexibility index (Phi) is 49.7. The molecule has 6 nitrogen and oxygen atoms in total. The molecule has 0 aliphatic rings. The van der Waals surface area contributed by atoms with E-state index in [2.05, 4.69) is 130 Å². The molecule has 0 aliphatic heterocycles. The van der Waals surface area contributed by atoms with Crippen molar-refractivity contribution in [2.75, 3.05) is 13.2 Å². The molecule has 0 fully saturated rings. The van der Waals surface area contributed by atoms with Crippen molar-refractivity contribution in [1.82, 2.24) is 0 Å². The summed E-state index contributed by atoms with van der Waals surface area (Å²) < 4.78 is 16.7. The molecule has 0 saturated carbocycles. The third kappa shape index (κ3) is 51.5. The van der Waals surface area contributed by atoms with E-state index in [0.29, 0.717) is 19.3 Å². The lowest BCUT2D eigenvalue weighted by Gasteiger charge is -2.18. The standard InChI is InChI=1S/C62H90O6/c1-4-7-10-13-16-19-22-25-28-30-31-33-34-37-40-43-46-49-52-55-61(64)67-58-59(57-66-60(63)54-51-48-45-42-39-36-27-24-21-18-15-12-9-6-3)68-62(65)56-53-50-47-44-41-38-35-32-29-26-23-20-17-14-11-8-5-2/h7-13,16-22,25-31,33-38,40,44,47,59H,4-6,14-15,23-24,32,39,41-43,45-46,48-58H2,1-3H3/b10-7-,11-8-,12-9-,16-13-,20-17-,21-18-,22-19-,28-25-,29-26-,31-30+,34-33-,36-27-,38-35-,40-37-,47-44-. The minimum Gasteiger partial charge on any atom is -0.462 e. The molecule has 374 valence electrons. The van der Waals surface area contributed by atoms with Crippen molar-refractivity contribution in [1.29, 1.82) is 0 Å². The van der Waals surface area contributed by atoms with Gasteiger partial charge in [-0.25, -0.2) is 0 Å². The Balaban J connectivity index is 4.67. The number of carbonyl (C=O) groups excluding carboxylic acids is 3. The Morgan fingerprint density at radius 1 is 0.309 bits per heavy atom. The minimum atomic E-state index is -0.847. The fraction of sp³-hybridized carbons (Fsp3) is 0.468. The van der Waals surface area contributed by atoms with Crippen LogP contribution in [0.1, 0.15) is 168 Å². The Labute approximate surface area is 414 Å². The number of esters is 3. The first-order valence-corrected chi connectivity index (χ1v) is 25.9. The normalized spacial score (nSPS) is 13.6. The van der Waals surface area contributed by atoms with Gasteiger partial charge in [-0.3, -0.25) is 14.4 Å². The van der Waals surface area contributed by atoms with Gasteiger partial charge in [0.05, 0.1) is 0 Å². The zero-order valence-corrected chi connectivity index (χ0v) is 42.5. The first kappa shape index (κ1) is 62.5. The quantitative estimate of drug-likeness (QED) is 0.0199. The second-order valence-electron chi connectivity index (χ2n) is 16.1. The third-order valence-corrected chi connectivity index (χ3v) is 9.83. The van der Waals surface area contributed by atoms with Crippen LogP contribution in [0.25, 0.3) is 0 Å². The molecule has 0 aliphatic carbocycles. The highest BCUT2D eigenvalue weighted by Gasteiger charge is 2.19. The number of carbonyl (C=O) groups is 3. The predicted molar refractivity (Wildman–Crippen MR) is 292 cm³/mol. The molecule has 6 heteroatoms.